The molecule has 0 saturated carbocycles. The number of carbonyl (C=O) groups excluding carboxylic acids is 1. The molecule has 0 radical (unpaired) electrons. The van der Waals surface area contributed by atoms with Gasteiger partial charge >= 0.3 is 0 Å². The van der Waals surface area contributed by atoms with Gasteiger partial charge in [-0.1, -0.05) is 6.58 Å². The molecule has 0 spiro atoms. The number of anilines is 3. The fraction of sp³-hybridized carbons (Fsp3) is 0.368. The number of nitrogens with one attached hydrogen (secondary N) is 1. The van der Waals surface area contributed by atoms with Gasteiger partial charge in [-0.3, -0.25) is 9.48 Å². The van der Waals surface area contributed by atoms with Crippen molar-refractivity contribution in [3.05, 3.63) is 36.5 Å². The number of aryl methyl sites for hydroxylation is 1. The Balaban J connectivity index is 1.64. The van der Waals surface area contributed by atoms with E-state index in [1.807, 2.05) is 36.6 Å². The molecule has 3 aromatic rings. The minimum atomic E-state index is -0.0130. The van der Waals surface area contributed by atoms with Gasteiger partial charge in [-0.15, -0.1) is 11.3 Å². The van der Waals surface area contributed by atoms with Gasteiger partial charge in [0.2, 0.25) is 11.9 Å². The van der Waals surface area contributed by atoms with E-state index < -0.39 is 0 Å². The number of nitrogens with zero attached hydrogens (tertiary/aromatic N) is 6. The Morgan fingerprint density at radius 3 is 3.07 bits per heavy atom. The van der Waals surface area contributed by atoms with Crippen LogP contribution in [0.3, 0.4) is 0 Å². The van der Waals surface area contributed by atoms with Crippen LogP contribution in [0.15, 0.2) is 36.5 Å². The second kappa shape index (κ2) is 7.59. The van der Waals surface area contributed by atoms with Gasteiger partial charge in [0.1, 0.15) is 0 Å². The van der Waals surface area contributed by atoms with E-state index in [1.54, 1.807) is 22.2 Å². The molecule has 146 valence electrons. The highest BCUT2D eigenvalue weighted by atomic mass is 32.1. The van der Waals surface area contributed by atoms with E-state index in [0.29, 0.717) is 12.5 Å². The summed E-state index contributed by atoms with van der Waals surface area (Å²) in [6.45, 7) is 5.06. The monoisotopic (exact) mass is 397 g/mol. The lowest BCUT2D eigenvalue weighted by Crippen LogP contribution is -2.48. The molecule has 1 fully saturated rings. The Kier molecular flexibility index (Phi) is 4.99. The molecule has 9 heteroatoms. The molecule has 4 heterocycles. The minimum Gasteiger partial charge on any atom is -0.354 e. The molecule has 28 heavy (non-hydrogen) atoms. The summed E-state index contributed by atoms with van der Waals surface area (Å²) in [7, 11) is 3.91. The van der Waals surface area contributed by atoms with Crippen molar-refractivity contribution in [3.63, 3.8) is 0 Å². The summed E-state index contributed by atoms with van der Waals surface area (Å²) in [5, 5.41) is 9.44. The van der Waals surface area contributed by atoms with Crippen molar-refractivity contribution in [2.45, 2.75) is 18.9 Å². The number of hydrogen-bond donors (Lipinski definition) is 1. The van der Waals surface area contributed by atoms with E-state index in [0.717, 1.165) is 41.1 Å². The summed E-state index contributed by atoms with van der Waals surface area (Å²) in [4.78, 5) is 25.5. The smallest absolute Gasteiger partial charge is 0.246 e. The lowest BCUT2D eigenvalue weighted by molar-refractivity contribution is -0.127. The molecule has 0 aliphatic carbocycles. The molecule has 1 N–H and O–H groups in total. The predicted molar refractivity (Wildman–Crippen MR) is 112 cm³/mol. The van der Waals surface area contributed by atoms with Crippen molar-refractivity contribution in [2.75, 3.05) is 30.4 Å². The highest BCUT2D eigenvalue weighted by Crippen LogP contribution is 2.32. The largest absolute Gasteiger partial charge is 0.354 e. The fourth-order valence-electron chi connectivity index (χ4n) is 3.53. The molecule has 1 aliphatic heterocycles. The minimum absolute atomic E-state index is 0.0130. The summed E-state index contributed by atoms with van der Waals surface area (Å²) in [5.74, 6) is 1.40. The Hall–Kier alpha value is -2.94. The lowest BCUT2D eigenvalue weighted by atomic mass is 10.0. The van der Waals surface area contributed by atoms with Crippen molar-refractivity contribution in [1.82, 2.24) is 24.6 Å². The van der Waals surface area contributed by atoms with E-state index in [9.17, 15) is 4.79 Å². The highest BCUT2D eigenvalue weighted by molar-refractivity contribution is 7.17. The van der Waals surface area contributed by atoms with Crippen molar-refractivity contribution in [2.24, 2.45) is 7.05 Å². The van der Waals surface area contributed by atoms with Crippen LogP contribution in [-0.4, -0.2) is 56.7 Å². The standard InChI is InChI=1S/C19H23N7OS/c1-4-16(27)26-8-5-6-14(12-26)25(3)18-17-15(7-9-28-17)22-19(23-18)21-13-10-20-24(2)11-13/h4,7,9-11,14H,1,5-6,8,12H2,2-3H3,(H,21,22,23)/t14-/m1/s1. The van der Waals surface area contributed by atoms with Crippen molar-refractivity contribution >= 4 is 44.9 Å². The molecule has 1 aliphatic rings. The summed E-state index contributed by atoms with van der Waals surface area (Å²) < 4.78 is 2.78. The summed E-state index contributed by atoms with van der Waals surface area (Å²) in [6, 6.07) is 2.20. The SMILES string of the molecule is C=CC(=O)N1CCC[C@@H](N(C)c2nc(Nc3cnn(C)c3)nc3ccsc23)C1. The van der Waals surface area contributed by atoms with E-state index in [-0.39, 0.29) is 11.9 Å². The summed E-state index contributed by atoms with van der Waals surface area (Å²) in [6.07, 6.45) is 6.99. The molecule has 0 aromatic carbocycles. The van der Waals surface area contributed by atoms with Gasteiger partial charge < -0.3 is 15.1 Å². The number of amides is 1. The van der Waals surface area contributed by atoms with Crippen LogP contribution in [0.4, 0.5) is 17.5 Å². The van der Waals surface area contributed by atoms with Crippen LogP contribution in [-0.2, 0) is 11.8 Å². The molecular formula is C19H23N7OS. The van der Waals surface area contributed by atoms with Crippen LogP contribution in [0.25, 0.3) is 10.2 Å². The highest BCUT2D eigenvalue weighted by Gasteiger charge is 2.27. The number of hydrogen-bond acceptors (Lipinski definition) is 7. The van der Waals surface area contributed by atoms with E-state index in [2.05, 4.69) is 26.9 Å². The Morgan fingerprint density at radius 2 is 2.32 bits per heavy atom. The quantitative estimate of drug-likeness (QED) is 0.667. The van der Waals surface area contributed by atoms with Gasteiger partial charge in [0.15, 0.2) is 5.82 Å². The second-order valence-electron chi connectivity index (χ2n) is 6.93. The fourth-order valence-corrected chi connectivity index (χ4v) is 4.39. The zero-order valence-corrected chi connectivity index (χ0v) is 16.8. The van der Waals surface area contributed by atoms with Gasteiger partial charge in [0, 0.05) is 39.4 Å². The van der Waals surface area contributed by atoms with E-state index >= 15 is 0 Å². The van der Waals surface area contributed by atoms with Crippen LogP contribution in [0.5, 0.6) is 0 Å². The van der Waals surface area contributed by atoms with Crippen molar-refractivity contribution in [1.29, 1.82) is 0 Å². The van der Waals surface area contributed by atoms with Gasteiger partial charge in [0.05, 0.1) is 22.1 Å². The first-order valence-electron chi connectivity index (χ1n) is 9.20. The second-order valence-corrected chi connectivity index (χ2v) is 7.84. The molecular weight excluding hydrogens is 374 g/mol. The number of piperidine rings is 1. The van der Waals surface area contributed by atoms with E-state index in [4.69, 9.17) is 4.98 Å². The third kappa shape index (κ3) is 3.57. The molecule has 1 amide bonds. The molecule has 0 unspecified atom stereocenters. The molecule has 3 aromatic heterocycles. The van der Waals surface area contributed by atoms with Crippen LogP contribution >= 0.6 is 11.3 Å². The third-order valence-electron chi connectivity index (χ3n) is 5.01. The topological polar surface area (TPSA) is 79.2 Å². The number of thiophene rings is 1. The maximum absolute atomic E-state index is 12.0. The Morgan fingerprint density at radius 1 is 1.46 bits per heavy atom. The predicted octanol–water partition coefficient (Wildman–Crippen LogP) is 2.78. The summed E-state index contributed by atoms with van der Waals surface area (Å²) >= 11 is 1.63. The van der Waals surface area contributed by atoms with Crippen LogP contribution < -0.4 is 10.2 Å². The van der Waals surface area contributed by atoms with Crippen LogP contribution in [0.1, 0.15) is 12.8 Å². The first-order chi connectivity index (χ1) is 13.5. The number of likely N-dealkylation sites (tertiary alicyclic amines) is 1. The van der Waals surface area contributed by atoms with Crippen molar-refractivity contribution < 1.29 is 4.79 Å². The zero-order valence-electron chi connectivity index (χ0n) is 16.0. The lowest BCUT2D eigenvalue weighted by Gasteiger charge is -2.38. The number of likely N-dealkylation sites (N-methyl/N-ethyl adjacent to an activating group) is 1. The maximum Gasteiger partial charge on any atom is 0.246 e. The Bertz CT molecular complexity index is 1010. The molecule has 0 bridgehead atoms. The first-order valence-corrected chi connectivity index (χ1v) is 10.1. The third-order valence-corrected chi connectivity index (χ3v) is 5.91. The molecule has 4 rings (SSSR count). The van der Waals surface area contributed by atoms with Gasteiger partial charge in [0.25, 0.3) is 0 Å². The van der Waals surface area contributed by atoms with Crippen molar-refractivity contribution in [3.8, 4) is 0 Å². The van der Waals surface area contributed by atoms with Gasteiger partial charge in [-0.05, 0) is 30.4 Å². The normalized spacial score (nSPS) is 16.9. The number of aromatic nitrogens is 4. The molecule has 8 nitrogen and oxygen atoms in total. The first kappa shape index (κ1) is 18.4. The number of rotatable bonds is 5. The maximum atomic E-state index is 12.0. The average molecular weight is 398 g/mol. The zero-order chi connectivity index (χ0) is 19.7. The van der Waals surface area contributed by atoms with Gasteiger partial charge in [-0.25, -0.2) is 4.98 Å². The molecule has 1 atom stereocenters. The van der Waals surface area contributed by atoms with Crippen LogP contribution in [0, 0.1) is 0 Å². The van der Waals surface area contributed by atoms with Crippen LogP contribution in [0.2, 0.25) is 0 Å². The van der Waals surface area contributed by atoms with Gasteiger partial charge in [-0.2, -0.15) is 10.1 Å². The van der Waals surface area contributed by atoms with E-state index in [1.165, 1.54) is 6.08 Å². The average Bonchev–Trinajstić information content (AvgIpc) is 3.35. The Labute approximate surface area is 167 Å². The molecule has 1 saturated heterocycles. The number of carbonyl (C=O) groups is 1. The summed E-state index contributed by atoms with van der Waals surface area (Å²) in [5.41, 5.74) is 1.74. The number of fused-ring (bicyclic) bond motifs is 1.